The lowest BCUT2D eigenvalue weighted by molar-refractivity contribution is 0.410. The van der Waals surface area contributed by atoms with E-state index in [2.05, 4.69) is 48.0 Å². The Kier molecular flexibility index (Phi) is 3.70. The highest BCUT2D eigenvalue weighted by Crippen LogP contribution is 2.45. The van der Waals surface area contributed by atoms with Gasteiger partial charge >= 0.3 is 0 Å². The fraction of sp³-hybridized carbons (Fsp3) is 0.333. The highest BCUT2D eigenvalue weighted by atomic mass is 79.9. The molecule has 2 aromatic carbocycles. The number of hydrogen-bond acceptors (Lipinski definition) is 2. The number of ether oxygens (including phenoxy) is 2. The van der Waals surface area contributed by atoms with Gasteiger partial charge in [0, 0.05) is 4.47 Å². The van der Waals surface area contributed by atoms with Crippen molar-refractivity contribution in [1.82, 2.24) is 0 Å². The Labute approximate surface area is 134 Å². The largest absolute Gasteiger partial charge is 0.496 e. The van der Waals surface area contributed by atoms with E-state index in [1.807, 2.05) is 0 Å². The van der Waals surface area contributed by atoms with E-state index in [1.165, 1.54) is 33.4 Å². The van der Waals surface area contributed by atoms with Gasteiger partial charge in [-0.15, -0.1) is 0 Å². The molecule has 0 N–H and O–H groups in total. The van der Waals surface area contributed by atoms with E-state index in [4.69, 9.17) is 9.47 Å². The minimum Gasteiger partial charge on any atom is -0.496 e. The molecule has 0 atom stereocenters. The Hall–Kier alpha value is -1.48. The lowest BCUT2D eigenvalue weighted by Gasteiger charge is -2.26. The summed E-state index contributed by atoms with van der Waals surface area (Å²) in [4.78, 5) is 0. The average molecular weight is 347 g/mol. The molecule has 21 heavy (non-hydrogen) atoms. The summed E-state index contributed by atoms with van der Waals surface area (Å²) in [6.45, 7) is 4.29. The van der Waals surface area contributed by atoms with Crippen molar-refractivity contribution in [3.8, 4) is 22.6 Å². The first-order valence-electron chi connectivity index (χ1n) is 7.11. The van der Waals surface area contributed by atoms with Crippen LogP contribution >= 0.6 is 15.9 Å². The van der Waals surface area contributed by atoms with Crippen molar-refractivity contribution in [1.29, 1.82) is 0 Å². The van der Waals surface area contributed by atoms with E-state index in [0.717, 1.165) is 28.8 Å². The third-order valence-corrected chi connectivity index (χ3v) is 5.13. The summed E-state index contributed by atoms with van der Waals surface area (Å²) in [6.07, 6.45) is 2.09. The molecule has 2 aromatic rings. The molecule has 3 rings (SSSR count). The fourth-order valence-electron chi connectivity index (χ4n) is 3.35. The van der Waals surface area contributed by atoms with Crippen molar-refractivity contribution in [2.24, 2.45) is 0 Å². The zero-order valence-electron chi connectivity index (χ0n) is 12.8. The lowest BCUT2D eigenvalue weighted by atomic mass is 9.81. The van der Waals surface area contributed by atoms with Gasteiger partial charge in [-0.1, -0.05) is 22.0 Å². The van der Waals surface area contributed by atoms with Crippen LogP contribution in [0.3, 0.4) is 0 Å². The third-order valence-electron chi connectivity index (χ3n) is 4.50. The Balaban J connectivity index is 2.29. The zero-order valence-corrected chi connectivity index (χ0v) is 14.4. The molecule has 1 aliphatic carbocycles. The quantitative estimate of drug-likeness (QED) is 0.773. The summed E-state index contributed by atoms with van der Waals surface area (Å²) in [5.41, 5.74) is 7.90. The predicted octanol–water partition coefficient (Wildman–Crippen LogP) is 4.85. The summed E-state index contributed by atoms with van der Waals surface area (Å²) < 4.78 is 12.1. The maximum Gasteiger partial charge on any atom is 0.123 e. The second kappa shape index (κ2) is 5.38. The lowest BCUT2D eigenvalue weighted by Crippen LogP contribution is -2.09. The molecule has 0 amide bonds. The topological polar surface area (TPSA) is 18.5 Å². The molecule has 0 aromatic heterocycles. The second-order valence-electron chi connectivity index (χ2n) is 5.46. The monoisotopic (exact) mass is 346 g/mol. The average Bonchev–Trinajstić information content (AvgIpc) is 2.50. The van der Waals surface area contributed by atoms with Crippen molar-refractivity contribution in [3.05, 3.63) is 44.9 Å². The van der Waals surface area contributed by atoms with Gasteiger partial charge in [-0.2, -0.15) is 0 Å². The molecular weight excluding hydrogens is 328 g/mol. The smallest absolute Gasteiger partial charge is 0.123 e. The second-order valence-corrected chi connectivity index (χ2v) is 6.31. The first-order chi connectivity index (χ1) is 10.1. The number of benzene rings is 2. The molecule has 0 fully saturated rings. The molecule has 110 valence electrons. The maximum atomic E-state index is 5.49. The standard InChI is InChI=1S/C18H19BrO2/c1-10-12-5-6-13-11(2)17(21-4)9-15(19)18(13)14(12)7-8-16(10)20-3/h7-9H,5-6H2,1-4H3. The van der Waals surface area contributed by atoms with Crippen molar-refractivity contribution >= 4 is 15.9 Å². The molecule has 1 aliphatic rings. The molecule has 2 nitrogen and oxygen atoms in total. The first kappa shape index (κ1) is 14.5. The van der Waals surface area contributed by atoms with E-state index < -0.39 is 0 Å². The van der Waals surface area contributed by atoms with Gasteiger partial charge in [-0.3, -0.25) is 0 Å². The van der Waals surface area contributed by atoms with E-state index in [1.54, 1.807) is 14.2 Å². The van der Waals surface area contributed by atoms with Crippen LogP contribution in [0, 0.1) is 13.8 Å². The summed E-state index contributed by atoms with van der Waals surface area (Å²) in [6, 6.07) is 6.31. The highest BCUT2D eigenvalue weighted by Gasteiger charge is 2.24. The first-order valence-corrected chi connectivity index (χ1v) is 7.90. The molecule has 3 heteroatoms. The SMILES string of the molecule is COc1ccc2c(c1C)CCc1c(C)c(OC)cc(Br)c1-2. The number of rotatable bonds is 2. The summed E-state index contributed by atoms with van der Waals surface area (Å²) in [5, 5.41) is 0. The van der Waals surface area contributed by atoms with Gasteiger partial charge in [0.05, 0.1) is 14.2 Å². The fourth-order valence-corrected chi connectivity index (χ4v) is 4.02. The van der Waals surface area contributed by atoms with Crippen LogP contribution in [0.1, 0.15) is 22.3 Å². The van der Waals surface area contributed by atoms with E-state index in [9.17, 15) is 0 Å². The zero-order chi connectivity index (χ0) is 15.1. The Morgan fingerprint density at radius 2 is 1.52 bits per heavy atom. The molecular formula is C18H19BrO2. The number of halogens is 1. The minimum absolute atomic E-state index is 0.953. The highest BCUT2D eigenvalue weighted by molar-refractivity contribution is 9.10. The summed E-state index contributed by atoms with van der Waals surface area (Å²) in [5.74, 6) is 1.92. The van der Waals surface area contributed by atoms with E-state index in [0.29, 0.717) is 0 Å². The van der Waals surface area contributed by atoms with Crippen LogP contribution in [0.5, 0.6) is 11.5 Å². The van der Waals surface area contributed by atoms with E-state index in [-0.39, 0.29) is 0 Å². The Morgan fingerprint density at radius 3 is 2.19 bits per heavy atom. The van der Waals surface area contributed by atoms with Crippen molar-refractivity contribution < 1.29 is 9.47 Å². The van der Waals surface area contributed by atoms with Crippen molar-refractivity contribution in [2.75, 3.05) is 14.2 Å². The number of fused-ring (bicyclic) bond motifs is 3. The number of hydrogen-bond donors (Lipinski definition) is 0. The van der Waals surface area contributed by atoms with Crippen LogP contribution in [0.2, 0.25) is 0 Å². The van der Waals surface area contributed by atoms with Gasteiger partial charge < -0.3 is 9.47 Å². The van der Waals surface area contributed by atoms with Crippen LogP contribution in [-0.2, 0) is 12.8 Å². The summed E-state index contributed by atoms with van der Waals surface area (Å²) in [7, 11) is 3.46. The number of methoxy groups -OCH3 is 2. The Bertz CT molecular complexity index is 720. The van der Waals surface area contributed by atoms with Gasteiger partial charge in [0.1, 0.15) is 11.5 Å². The van der Waals surface area contributed by atoms with Gasteiger partial charge in [-0.05, 0) is 72.2 Å². The van der Waals surface area contributed by atoms with Gasteiger partial charge in [-0.25, -0.2) is 0 Å². The molecule has 0 aliphatic heterocycles. The van der Waals surface area contributed by atoms with Gasteiger partial charge in [0.25, 0.3) is 0 Å². The van der Waals surface area contributed by atoms with Crippen LogP contribution in [-0.4, -0.2) is 14.2 Å². The maximum absolute atomic E-state index is 5.49. The molecule has 0 spiro atoms. The van der Waals surface area contributed by atoms with Crippen LogP contribution in [0.15, 0.2) is 22.7 Å². The molecule has 0 saturated heterocycles. The van der Waals surface area contributed by atoms with Gasteiger partial charge in [0.2, 0.25) is 0 Å². The molecule has 0 heterocycles. The van der Waals surface area contributed by atoms with E-state index >= 15 is 0 Å². The Morgan fingerprint density at radius 1 is 0.905 bits per heavy atom. The molecule has 0 radical (unpaired) electrons. The molecule has 0 saturated carbocycles. The summed E-state index contributed by atoms with van der Waals surface area (Å²) >= 11 is 3.73. The van der Waals surface area contributed by atoms with Crippen LogP contribution in [0.4, 0.5) is 0 Å². The minimum atomic E-state index is 0.953. The predicted molar refractivity (Wildman–Crippen MR) is 89.6 cm³/mol. The van der Waals surface area contributed by atoms with Crippen molar-refractivity contribution in [2.45, 2.75) is 26.7 Å². The van der Waals surface area contributed by atoms with Gasteiger partial charge in [0.15, 0.2) is 0 Å². The molecule has 0 unspecified atom stereocenters. The van der Waals surface area contributed by atoms with Crippen molar-refractivity contribution in [3.63, 3.8) is 0 Å². The van der Waals surface area contributed by atoms with Crippen LogP contribution in [0.25, 0.3) is 11.1 Å². The normalized spacial score (nSPS) is 12.6. The van der Waals surface area contributed by atoms with Crippen LogP contribution < -0.4 is 9.47 Å². The molecule has 0 bridgehead atoms. The third kappa shape index (κ3) is 2.15.